The summed E-state index contributed by atoms with van der Waals surface area (Å²) in [5.41, 5.74) is 2.78. The number of nitrogens with zero attached hydrogens (tertiary/aromatic N) is 3. The molecule has 0 aliphatic carbocycles. The summed E-state index contributed by atoms with van der Waals surface area (Å²) in [4.78, 5) is 15.8. The van der Waals surface area contributed by atoms with E-state index in [9.17, 15) is 0 Å². The number of aromatic nitrogens is 4. The molecule has 0 radical (unpaired) electrons. The van der Waals surface area contributed by atoms with Crippen LogP contribution < -0.4 is 14.8 Å². The number of hydrogen-bond donors (Lipinski definition) is 2. The third-order valence-electron chi connectivity index (χ3n) is 4.34. The number of H-pyrrole nitrogens is 1. The summed E-state index contributed by atoms with van der Waals surface area (Å²) in [6, 6.07) is 8.08. The van der Waals surface area contributed by atoms with E-state index >= 15 is 0 Å². The Morgan fingerprint density at radius 3 is 2.69 bits per heavy atom. The third-order valence-corrected chi connectivity index (χ3v) is 4.34. The van der Waals surface area contributed by atoms with Gasteiger partial charge < -0.3 is 19.8 Å². The molecular weight excluding hydrogens is 330 g/mol. The number of aromatic amines is 1. The lowest BCUT2D eigenvalue weighted by Crippen LogP contribution is -2.19. The Bertz CT molecular complexity index is 879. The zero-order valence-corrected chi connectivity index (χ0v) is 14.8. The predicted octanol–water partition coefficient (Wildman–Crippen LogP) is 3.45. The quantitative estimate of drug-likeness (QED) is 0.732. The van der Waals surface area contributed by atoms with Gasteiger partial charge in [0.2, 0.25) is 0 Å². The van der Waals surface area contributed by atoms with Gasteiger partial charge in [0.25, 0.3) is 0 Å². The first-order valence-corrected chi connectivity index (χ1v) is 8.67. The monoisotopic (exact) mass is 351 g/mol. The van der Waals surface area contributed by atoms with Crippen LogP contribution in [0.15, 0.2) is 43.1 Å². The molecule has 0 saturated heterocycles. The van der Waals surface area contributed by atoms with E-state index in [1.54, 1.807) is 18.9 Å². The molecule has 3 heterocycles. The van der Waals surface area contributed by atoms with Crippen molar-refractivity contribution < 1.29 is 9.47 Å². The van der Waals surface area contributed by atoms with Gasteiger partial charge in [-0.05, 0) is 23.6 Å². The molecule has 3 aromatic rings. The molecule has 0 spiro atoms. The van der Waals surface area contributed by atoms with E-state index in [2.05, 4.69) is 45.2 Å². The Kier molecular flexibility index (Phi) is 4.43. The van der Waals surface area contributed by atoms with Gasteiger partial charge in [-0.15, -0.1) is 0 Å². The number of anilines is 1. The van der Waals surface area contributed by atoms with Crippen molar-refractivity contribution in [2.45, 2.75) is 19.9 Å². The van der Waals surface area contributed by atoms with Crippen molar-refractivity contribution in [1.29, 1.82) is 0 Å². The van der Waals surface area contributed by atoms with E-state index in [4.69, 9.17) is 9.47 Å². The van der Waals surface area contributed by atoms with Crippen LogP contribution in [0, 0.1) is 5.92 Å². The van der Waals surface area contributed by atoms with Gasteiger partial charge in [0.15, 0.2) is 11.5 Å². The van der Waals surface area contributed by atoms with Crippen molar-refractivity contribution in [1.82, 2.24) is 19.9 Å². The van der Waals surface area contributed by atoms with Crippen LogP contribution in [0.25, 0.3) is 11.4 Å². The van der Waals surface area contributed by atoms with E-state index in [0.29, 0.717) is 19.1 Å². The Morgan fingerprint density at radius 1 is 1.08 bits per heavy atom. The van der Waals surface area contributed by atoms with Crippen LogP contribution in [0.5, 0.6) is 11.5 Å². The Hall–Kier alpha value is -3.09. The molecule has 1 atom stereocenters. The number of ether oxygens (including phenoxy) is 2. The number of fused-ring (bicyclic) bond motifs is 1. The fourth-order valence-electron chi connectivity index (χ4n) is 3.03. The minimum Gasteiger partial charge on any atom is -0.486 e. The highest BCUT2D eigenvalue weighted by Crippen LogP contribution is 2.35. The molecule has 0 saturated carbocycles. The lowest BCUT2D eigenvalue weighted by atomic mass is 9.95. The zero-order chi connectivity index (χ0) is 17.9. The largest absolute Gasteiger partial charge is 0.486 e. The fourth-order valence-corrected chi connectivity index (χ4v) is 3.03. The average molecular weight is 351 g/mol. The van der Waals surface area contributed by atoms with Crippen LogP contribution in [-0.4, -0.2) is 33.1 Å². The van der Waals surface area contributed by atoms with Crippen LogP contribution in [0.4, 0.5) is 5.82 Å². The highest BCUT2D eigenvalue weighted by Gasteiger charge is 2.20. The van der Waals surface area contributed by atoms with Gasteiger partial charge in [0, 0.05) is 6.07 Å². The minimum atomic E-state index is 0.0790. The van der Waals surface area contributed by atoms with Crippen molar-refractivity contribution in [3.63, 3.8) is 0 Å². The van der Waals surface area contributed by atoms with Crippen LogP contribution in [0.2, 0.25) is 0 Å². The van der Waals surface area contributed by atoms with Crippen molar-refractivity contribution in [3.05, 3.63) is 48.7 Å². The van der Waals surface area contributed by atoms with Gasteiger partial charge in [0.1, 0.15) is 25.4 Å². The Labute approximate surface area is 151 Å². The molecule has 0 bridgehead atoms. The van der Waals surface area contributed by atoms with Crippen molar-refractivity contribution >= 4 is 5.82 Å². The molecule has 26 heavy (non-hydrogen) atoms. The predicted molar refractivity (Wildman–Crippen MR) is 98.2 cm³/mol. The van der Waals surface area contributed by atoms with Crippen molar-refractivity contribution in [3.8, 4) is 22.9 Å². The SMILES string of the molecule is CC(C)[C@@H](Nc1cc(-c2cnc[nH]2)ncn1)c1ccc2c(c1)OCCO2. The summed E-state index contributed by atoms with van der Waals surface area (Å²) in [5.74, 6) is 2.70. The summed E-state index contributed by atoms with van der Waals surface area (Å²) in [6.45, 7) is 5.52. The minimum absolute atomic E-state index is 0.0790. The maximum Gasteiger partial charge on any atom is 0.161 e. The Balaban J connectivity index is 1.61. The van der Waals surface area contributed by atoms with Crippen LogP contribution in [0.1, 0.15) is 25.5 Å². The molecule has 7 heteroatoms. The fraction of sp³-hybridized carbons (Fsp3) is 0.316. The summed E-state index contributed by atoms with van der Waals surface area (Å²) < 4.78 is 11.3. The summed E-state index contributed by atoms with van der Waals surface area (Å²) in [6.07, 6.45) is 4.93. The highest BCUT2D eigenvalue weighted by molar-refractivity contribution is 5.57. The second kappa shape index (κ2) is 7.03. The van der Waals surface area contributed by atoms with Crippen LogP contribution in [0.3, 0.4) is 0 Å². The first-order valence-electron chi connectivity index (χ1n) is 8.67. The second-order valence-electron chi connectivity index (χ2n) is 6.52. The molecule has 1 aliphatic rings. The molecule has 1 aliphatic heterocycles. The lowest BCUT2D eigenvalue weighted by molar-refractivity contribution is 0.171. The standard InChI is InChI=1S/C19H21N5O2/c1-12(2)19(13-3-4-16-17(7-13)26-6-5-25-16)24-18-8-14(22-11-23-18)15-9-20-10-21-15/h3-4,7-12,19H,5-6H2,1-2H3,(H,20,21)(H,22,23,24)/t19-/m1/s1. The van der Waals surface area contributed by atoms with Crippen molar-refractivity contribution in [2.24, 2.45) is 5.92 Å². The molecule has 4 rings (SSSR count). The van der Waals surface area contributed by atoms with E-state index < -0.39 is 0 Å². The Morgan fingerprint density at radius 2 is 1.92 bits per heavy atom. The molecule has 0 amide bonds. The average Bonchev–Trinajstić information content (AvgIpc) is 3.21. The first kappa shape index (κ1) is 16.4. The van der Waals surface area contributed by atoms with Crippen LogP contribution in [-0.2, 0) is 0 Å². The maximum absolute atomic E-state index is 5.72. The number of rotatable bonds is 5. The number of nitrogens with one attached hydrogen (secondary N) is 2. The zero-order valence-electron chi connectivity index (χ0n) is 14.8. The van der Waals surface area contributed by atoms with Gasteiger partial charge in [-0.3, -0.25) is 0 Å². The second-order valence-corrected chi connectivity index (χ2v) is 6.52. The number of hydrogen-bond acceptors (Lipinski definition) is 6. The molecule has 2 N–H and O–H groups in total. The first-order chi connectivity index (χ1) is 12.7. The van der Waals surface area contributed by atoms with Gasteiger partial charge >= 0.3 is 0 Å². The van der Waals surface area contributed by atoms with E-state index in [1.165, 1.54) is 0 Å². The summed E-state index contributed by atoms with van der Waals surface area (Å²) in [5, 5.41) is 3.52. The van der Waals surface area contributed by atoms with Crippen molar-refractivity contribution in [2.75, 3.05) is 18.5 Å². The van der Waals surface area contributed by atoms with Gasteiger partial charge in [-0.1, -0.05) is 19.9 Å². The van der Waals surface area contributed by atoms with Crippen LogP contribution >= 0.6 is 0 Å². The van der Waals surface area contributed by atoms with Gasteiger partial charge in [0.05, 0.1) is 30.0 Å². The number of benzene rings is 1. The maximum atomic E-state index is 5.72. The molecule has 0 fully saturated rings. The highest BCUT2D eigenvalue weighted by atomic mass is 16.6. The molecule has 134 valence electrons. The topological polar surface area (TPSA) is 85.0 Å². The van der Waals surface area contributed by atoms with E-state index in [-0.39, 0.29) is 6.04 Å². The molecule has 2 aromatic heterocycles. The molecule has 0 unspecified atom stereocenters. The van der Waals surface area contributed by atoms with Gasteiger partial charge in [-0.2, -0.15) is 0 Å². The lowest BCUT2D eigenvalue weighted by Gasteiger charge is -2.26. The summed E-state index contributed by atoms with van der Waals surface area (Å²) in [7, 11) is 0. The smallest absolute Gasteiger partial charge is 0.161 e. The molecular formula is C19H21N5O2. The van der Waals surface area contributed by atoms with E-state index in [1.807, 2.05) is 18.2 Å². The molecule has 1 aromatic carbocycles. The normalized spacial score (nSPS) is 14.3. The third kappa shape index (κ3) is 3.33. The number of imidazole rings is 1. The molecule has 7 nitrogen and oxygen atoms in total. The van der Waals surface area contributed by atoms with E-state index in [0.717, 1.165) is 34.3 Å². The summed E-state index contributed by atoms with van der Waals surface area (Å²) >= 11 is 0. The van der Waals surface area contributed by atoms with Gasteiger partial charge in [-0.25, -0.2) is 15.0 Å².